The molecule has 0 aromatic heterocycles. The second kappa shape index (κ2) is 6.06. The van der Waals surface area contributed by atoms with E-state index in [4.69, 9.17) is 4.74 Å². The van der Waals surface area contributed by atoms with E-state index >= 15 is 0 Å². The van der Waals surface area contributed by atoms with Crippen molar-refractivity contribution in [3.63, 3.8) is 0 Å². The van der Waals surface area contributed by atoms with Gasteiger partial charge in [0.2, 0.25) is 5.91 Å². The number of rotatable bonds is 6. The number of ether oxygens (including phenoxy) is 1. The number of carbonyl (C=O) groups is 1. The van der Waals surface area contributed by atoms with Gasteiger partial charge in [-0.05, 0) is 49.8 Å². The minimum Gasteiger partial charge on any atom is -0.497 e. The Morgan fingerprint density at radius 2 is 2.00 bits per heavy atom. The molecular weight excluding hydrogens is 264 g/mol. The predicted molar refractivity (Wildman–Crippen MR) is 82.1 cm³/mol. The van der Waals surface area contributed by atoms with Crippen LogP contribution in [0.2, 0.25) is 0 Å². The van der Waals surface area contributed by atoms with Gasteiger partial charge in [-0.15, -0.1) is 0 Å². The van der Waals surface area contributed by atoms with Crippen molar-refractivity contribution in [2.45, 2.75) is 44.8 Å². The van der Waals surface area contributed by atoms with Crippen LogP contribution in [0, 0.1) is 5.92 Å². The molecule has 1 heterocycles. The van der Waals surface area contributed by atoms with Crippen LogP contribution in [-0.2, 0) is 11.3 Å². The van der Waals surface area contributed by atoms with Gasteiger partial charge in [-0.2, -0.15) is 0 Å². The number of hydrogen-bond donors (Lipinski definition) is 1. The van der Waals surface area contributed by atoms with Gasteiger partial charge in [0, 0.05) is 19.1 Å². The largest absolute Gasteiger partial charge is 0.497 e. The van der Waals surface area contributed by atoms with Crippen molar-refractivity contribution in [1.29, 1.82) is 0 Å². The van der Waals surface area contributed by atoms with Crippen LogP contribution in [0.3, 0.4) is 0 Å². The molecule has 0 radical (unpaired) electrons. The fraction of sp³-hybridized carbons (Fsp3) is 0.588. The summed E-state index contributed by atoms with van der Waals surface area (Å²) in [5.74, 6) is 1.89. The normalized spacial score (nSPS) is 23.4. The van der Waals surface area contributed by atoms with E-state index in [1.54, 1.807) is 7.11 Å². The maximum absolute atomic E-state index is 12.5. The van der Waals surface area contributed by atoms with Crippen LogP contribution in [0.4, 0.5) is 0 Å². The van der Waals surface area contributed by atoms with Gasteiger partial charge >= 0.3 is 0 Å². The second-order valence-corrected chi connectivity index (χ2v) is 6.24. The lowest BCUT2D eigenvalue weighted by Gasteiger charge is -2.20. The van der Waals surface area contributed by atoms with E-state index < -0.39 is 0 Å². The van der Waals surface area contributed by atoms with E-state index in [9.17, 15) is 4.79 Å². The molecule has 2 atom stereocenters. The molecular formula is C17H24N2O2. The number of nitrogens with zero attached hydrogens (tertiary/aromatic N) is 1. The zero-order valence-corrected chi connectivity index (χ0v) is 12.8. The van der Waals surface area contributed by atoms with Gasteiger partial charge in [0.25, 0.3) is 0 Å². The van der Waals surface area contributed by atoms with Crippen LogP contribution in [0.25, 0.3) is 0 Å². The molecule has 114 valence electrons. The molecule has 1 N–H and O–H groups in total. The van der Waals surface area contributed by atoms with Crippen molar-refractivity contribution in [3.05, 3.63) is 29.8 Å². The summed E-state index contributed by atoms with van der Waals surface area (Å²) < 4.78 is 5.16. The molecule has 1 aliphatic heterocycles. The number of nitrogens with one attached hydrogen (secondary N) is 1. The van der Waals surface area contributed by atoms with Gasteiger partial charge in [-0.25, -0.2) is 0 Å². The molecule has 0 spiro atoms. The summed E-state index contributed by atoms with van der Waals surface area (Å²) in [7, 11) is 1.66. The lowest BCUT2D eigenvalue weighted by Crippen LogP contribution is -2.43. The molecule has 1 aromatic carbocycles. The maximum Gasteiger partial charge on any atom is 0.240 e. The standard InChI is InChI=1S/C17H24N2O2/c1-12(14-5-6-14)18-16-9-10-19(17(16)20)11-13-3-7-15(21-2)8-4-13/h3-4,7-8,12,14,16,18H,5-6,9-11H2,1-2H3/t12-,16-/m1/s1. The molecule has 1 amide bonds. The Bertz CT molecular complexity index is 496. The predicted octanol–water partition coefficient (Wildman–Crippen LogP) is 2.18. The highest BCUT2D eigenvalue weighted by Gasteiger charge is 2.35. The third-order valence-electron chi connectivity index (χ3n) is 4.62. The van der Waals surface area contributed by atoms with E-state index in [1.807, 2.05) is 29.2 Å². The third kappa shape index (κ3) is 3.38. The Morgan fingerprint density at radius 3 is 2.62 bits per heavy atom. The first-order chi connectivity index (χ1) is 10.2. The molecule has 4 heteroatoms. The SMILES string of the molecule is COc1ccc(CN2CC[C@@H](N[C@H](C)C3CC3)C2=O)cc1. The van der Waals surface area contributed by atoms with Crippen molar-refractivity contribution in [1.82, 2.24) is 10.2 Å². The quantitative estimate of drug-likeness (QED) is 0.872. The molecule has 1 aliphatic carbocycles. The molecule has 3 rings (SSSR count). The molecule has 0 unspecified atom stereocenters. The fourth-order valence-corrected chi connectivity index (χ4v) is 3.05. The molecule has 1 saturated heterocycles. The van der Waals surface area contributed by atoms with E-state index in [-0.39, 0.29) is 11.9 Å². The summed E-state index contributed by atoms with van der Waals surface area (Å²) in [5.41, 5.74) is 1.15. The Kier molecular flexibility index (Phi) is 4.15. The molecule has 21 heavy (non-hydrogen) atoms. The van der Waals surface area contributed by atoms with Gasteiger partial charge in [0.1, 0.15) is 5.75 Å². The lowest BCUT2D eigenvalue weighted by atomic mass is 10.1. The second-order valence-electron chi connectivity index (χ2n) is 6.24. The topological polar surface area (TPSA) is 41.6 Å². The van der Waals surface area contributed by atoms with E-state index in [0.717, 1.165) is 30.2 Å². The third-order valence-corrected chi connectivity index (χ3v) is 4.62. The number of likely N-dealkylation sites (tertiary alicyclic amines) is 1. The smallest absolute Gasteiger partial charge is 0.240 e. The monoisotopic (exact) mass is 288 g/mol. The highest BCUT2D eigenvalue weighted by molar-refractivity contribution is 5.84. The van der Waals surface area contributed by atoms with Crippen molar-refractivity contribution in [3.8, 4) is 5.75 Å². The molecule has 4 nitrogen and oxygen atoms in total. The van der Waals surface area contributed by atoms with E-state index in [0.29, 0.717) is 12.6 Å². The van der Waals surface area contributed by atoms with Crippen LogP contribution >= 0.6 is 0 Å². The summed E-state index contributed by atoms with van der Waals surface area (Å²) in [5, 5.41) is 3.51. The van der Waals surface area contributed by atoms with Crippen LogP contribution < -0.4 is 10.1 Å². The van der Waals surface area contributed by atoms with Gasteiger partial charge < -0.3 is 15.0 Å². The maximum atomic E-state index is 12.5. The van der Waals surface area contributed by atoms with Crippen LogP contribution in [0.1, 0.15) is 31.7 Å². The number of methoxy groups -OCH3 is 1. The molecule has 2 fully saturated rings. The first-order valence-corrected chi connectivity index (χ1v) is 7.85. The number of amides is 1. The minimum atomic E-state index is 0.0128. The molecule has 1 aromatic rings. The van der Waals surface area contributed by atoms with E-state index in [2.05, 4.69) is 12.2 Å². The van der Waals surface area contributed by atoms with Gasteiger partial charge in [-0.1, -0.05) is 12.1 Å². The van der Waals surface area contributed by atoms with Gasteiger partial charge in [-0.3, -0.25) is 4.79 Å². The number of hydrogen-bond acceptors (Lipinski definition) is 3. The van der Waals surface area contributed by atoms with Gasteiger partial charge in [0.15, 0.2) is 0 Å². The highest BCUT2D eigenvalue weighted by atomic mass is 16.5. The van der Waals surface area contributed by atoms with Crippen LogP contribution in [0.5, 0.6) is 5.75 Å². The van der Waals surface area contributed by atoms with Crippen molar-refractivity contribution in [2.75, 3.05) is 13.7 Å². The lowest BCUT2D eigenvalue weighted by molar-refractivity contribution is -0.130. The highest BCUT2D eigenvalue weighted by Crippen LogP contribution is 2.33. The summed E-state index contributed by atoms with van der Waals surface area (Å²) in [4.78, 5) is 14.4. The first-order valence-electron chi connectivity index (χ1n) is 7.85. The van der Waals surface area contributed by atoms with Crippen molar-refractivity contribution >= 4 is 5.91 Å². The number of carbonyl (C=O) groups excluding carboxylic acids is 1. The Labute approximate surface area is 126 Å². The zero-order valence-electron chi connectivity index (χ0n) is 12.8. The summed E-state index contributed by atoms with van der Waals surface area (Å²) >= 11 is 0. The van der Waals surface area contributed by atoms with Gasteiger partial charge in [0.05, 0.1) is 13.2 Å². The van der Waals surface area contributed by atoms with Crippen molar-refractivity contribution < 1.29 is 9.53 Å². The Hall–Kier alpha value is -1.55. The zero-order chi connectivity index (χ0) is 14.8. The summed E-state index contributed by atoms with van der Waals surface area (Å²) in [6, 6.07) is 8.43. The molecule has 1 saturated carbocycles. The van der Waals surface area contributed by atoms with Crippen LogP contribution in [0.15, 0.2) is 24.3 Å². The summed E-state index contributed by atoms with van der Waals surface area (Å²) in [6.45, 7) is 3.75. The average molecular weight is 288 g/mol. The Balaban J connectivity index is 1.55. The Morgan fingerprint density at radius 1 is 1.29 bits per heavy atom. The fourth-order valence-electron chi connectivity index (χ4n) is 3.05. The average Bonchev–Trinajstić information content (AvgIpc) is 3.30. The van der Waals surface area contributed by atoms with E-state index in [1.165, 1.54) is 12.8 Å². The number of benzene rings is 1. The molecule has 2 aliphatic rings. The minimum absolute atomic E-state index is 0.0128. The molecule has 0 bridgehead atoms. The van der Waals surface area contributed by atoms with Crippen LogP contribution in [-0.4, -0.2) is 36.5 Å². The first kappa shape index (κ1) is 14.4. The van der Waals surface area contributed by atoms with Crippen molar-refractivity contribution in [2.24, 2.45) is 5.92 Å². The summed E-state index contributed by atoms with van der Waals surface area (Å²) in [6.07, 6.45) is 3.54.